The van der Waals surface area contributed by atoms with Crippen LogP contribution in [-0.4, -0.2) is 42.6 Å². The first-order chi connectivity index (χ1) is 14.0. The second-order valence-corrected chi connectivity index (χ2v) is 8.11. The third-order valence-electron chi connectivity index (χ3n) is 5.90. The maximum atomic E-state index is 12.6. The Labute approximate surface area is 177 Å². The van der Waals surface area contributed by atoms with E-state index in [4.69, 9.17) is 16.3 Å². The summed E-state index contributed by atoms with van der Waals surface area (Å²) in [6, 6.07) is 13.7. The molecule has 4 nitrogen and oxygen atoms in total. The summed E-state index contributed by atoms with van der Waals surface area (Å²) in [5, 5.41) is 4.10. The summed E-state index contributed by atoms with van der Waals surface area (Å²) in [5.41, 5.74) is 3.62. The zero-order valence-electron chi connectivity index (χ0n) is 17.0. The van der Waals surface area contributed by atoms with E-state index in [2.05, 4.69) is 11.4 Å². The zero-order chi connectivity index (χ0) is 20.4. The first kappa shape index (κ1) is 20.0. The van der Waals surface area contributed by atoms with Crippen molar-refractivity contribution in [3.8, 4) is 5.75 Å². The first-order valence-corrected chi connectivity index (χ1v) is 10.8. The van der Waals surface area contributed by atoms with Crippen LogP contribution >= 0.6 is 11.6 Å². The number of nitrogens with one attached hydrogen (secondary N) is 1. The molecule has 2 aliphatic heterocycles. The lowest BCUT2D eigenvalue weighted by molar-refractivity contribution is 0.0772. The van der Waals surface area contributed by atoms with Crippen LogP contribution in [0.2, 0.25) is 5.02 Å². The van der Waals surface area contributed by atoms with Gasteiger partial charge in [0, 0.05) is 42.1 Å². The third-order valence-corrected chi connectivity index (χ3v) is 6.13. The molecule has 152 valence electrons. The van der Waals surface area contributed by atoms with E-state index in [1.54, 1.807) is 0 Å². The highest BCUT2D eigenvalue weighted by Gasteiger charge is 2.37. The average molecular weight is 411 g/mol. The molecule has 1 N–H and O–H groups in total. The van der Waals surface area contributed by atoms with Crippen LogP contribution in [-0.2, 0) is 0 Å². The lowest BCUT2D eigenvalue weighted by Gasteiger charge is -2.40. The third kappa shape index (κ3) is 3.92. The number of amides is 1. The van der Waals surface area contributed by atoms with Gasteiger partial charge in [0.05, 0.1) is 0 Å². The van der Waals surface area contributed by atoms with Crippen molar-refractivity contribution in [2.75, 3.05) is 26.2 Å². The molecule has 1 amide bonds. The Bertz CT molecular complexity index is 926. The van der Waals surface area contributed by atoms with Crippen molar-refractivity contribution >= 4 is 23.1 Å². The van der Waals surface area contributed by atoms with Gasteiger partial charge in [-0.05, 0) is 74.5 Å². The topological polar surface area (TPSA) is 41.6 Å². The minimum Gasteiger partial charge on any atom is -0.482 e. The summed E-state index contributed by atoms with van der Waals surface area (Å²) >= 11 is 6.30. The lowest BCUT2D eigenvalue weighted by Crippen LogP contribution is -2.46. The summed E-state index contributed by atoms with van der Waals surface area (Å²) in [5.74, 6) is 0.942. The molecule has 2 aromatic rings. The van der Waals surface area contributed by atoms with Gasteiger partial charge >= 0.3 is 0 Å². The maximum absolute atomic E-state index is 12.6. The minimum absolute atomic E-state index is 0.0702. The molecule has 0 unspecified atom stereocenters. The Balaban J connectivity index is 1.73. The van der Waals surface area contributed by atoms with E-state index in [0.717, 1.165) is 48.4 Å². The van der Waals surface area contributed by atoms with E-state index in [1.165, 1.54) is 0 Å². The molecule has 2 aromatic carbocycles. The molecule has 0 aliphatic carbocycles. The molecule has 1 spiro atoms. The fourth-order valence-corrected chi connectivity index (χ4v) is 4.38. The first-order valence-electron chi connectivity index (χ1n) is 10.4. The predicted octanol–water partition coefficient (Wildman–Crippen LogP) is 4.77. The standard InChI is InChI=1S/C24H27ClN2O2/c1-3-27(4-2)23(28)18-7-5-17(6-8-18)21-16-24(11-13-26-14-12-24)29-22-10-9-19(25)15-20(21)22/h5-10,15-16,26H,3-4,11-14H2,1-2H3. The SMILES string of the molecule is CCN(CC)C(=O)c1ccc(C2=CC3(CCNCC3)Oc3ccc(Cl)cc32)cc1. The molecule has 0 atom stereocenters. The Morgan fingerprint density at radius 2 is 1.79 bits per heavy atom. The molecule has 0 aromatic heterocycles. The van der Waals surface area contributed by atoms with Gasteiger partial charge in [0.1, 0.15) is 11.4 Å². The summed E-state index contributed by atoms with van der Waals surface area (Å²) in [7, 11) is 0. The molecular weight excluding hydrogens is 384 g/mol. The number of piperidine rings is 1. The van der Waals surface area contributed by atoms with Crippen molar-refractivity contribution in [3.63, 3.8) is 0 Å². The van der Waals surface area contributed by atoms with E-state index in [-0.39, 0.29) is 11.5 Å². The van der Waals surface area contributed by atoms with Crippen molar-refractivity contribution in [2.45, 2.75) is 32.3 Å². The van der Waals surface area contributed by atoms with Gasteiger partial charge in [0.25, 0.3) is 5.91 Å². The van der Waals surface area contributed by atoms with Crippen molar-refractivity contribution in [2.24, 2.45) is 0 Å². The van der Waals surface area contributed by atoms with Crippen LogP contribution in [0.5, 0.6) is 5.75 Å². The monoisotopic (exact) mass is 410 g/mol. The van der Waals surface area contributed by atoms with Crippen LogP contribution in [0.4, 0.5) is 0 Å². The number of carbonyl (C=O) groups excluding carboxylic acids is 1. The van der Waals surface area contributed by atoms with Crippen molar-refractivity contribution in [1.82, 2.24) is 10.2 Å². The normalized spacial score (nSPS) is 17.3. The van der Waals surface area contributed by atoms with E-state index in [9.17, 15) is 4.79 Å². The predicted molar refractivity (Wildman–Crippen MR) is 118 cm³/mol. The summed E-state index contributed by atoms with van der Waals surface area (Å²) < 4.78 is 6.45. The van der Waals surface area contributed by atoms with Crippen LogP contribution < -0.4 is 10.1 Å². The van der Waals surface area contributed by atoms with Crippen LogP contribution in [0.15, 0.2) is 48.5 Å². The number of hydrogen-bond donors (Lipinski definition) is 1. The minimum atomic E-state index is -0.295. The number of nitrogens with zero attached hydrogens (tertiary/aromatic N) is 1. The summed E-state index contributed by atoms with van der Waals surface area (Å²) in [6.45, 7) is 7.29. The van der Waals surface area contributed by atoms with Crippen LogP contribution in [0.25, 0.3) is 5.57 Å². The molecule has 0 saturated carbocycles. The lowest BCUT2D eigenvalue weighted by atomic mass is 9.83. The summed E-state index contributed by atoms with van der Waals surface area (Å²) in [6.07, 6.45) is 4.11. The fourth-order valence-electron chi connectivity index (χ4n) is 4.21. The molecule has 4 rings (SSSR count). The smallest absolute Gasteiger partial charge is 0.253 e. The highest BCUT2D eigenvalue weighted by atomic mass is 35.5. The van der Waals surface area contributed by atoms with Gasteiger partial charge in [-0.3, -0.25) is 4.79 Å². The molecule has 5 heteroatoms. The fraction of sp³-hybridized carbons (Fsp3) is 0.375. The van der Waals surface area contributed by atoms with Gasteiger partial charge in [-0.25, -0.2) is 0 Å². The van der Waals surface area contributed by atoms with Gasteiger partial charge in [-0.15, -0.1) is 0 Å². The second kappa shape index (κ2) is 8.21. The van der Waals surface area contributed by atoms with Crippen molar-refractivity contribution in [1.29, 1.82) is 0 Å². The summed E-state index contributed by atoms with van der Waals surface area (Å²) in [4.78, 5) is 14.5. The number of fused-ring (bicyclic) bond motifs is 1. The van der Waals surface area contributed by atoms with E-state index in [1.807, 2.05) is 61.2 Å². The number of ether oxygens (including phenoxy) is 1. The number of hydrogen-bond acceptors (Lipinski definition) is 3. The Morgan fingerprint density at radius 3 is 2.45 bits per heavy atom. The quantitative estimate of drug-likeness (QED) is 0.789. The largest absolute Gasteiger partial charge is 0.482 e. The van der Waals surface area contributed by atoms with Crippen molar-refractivity contribution < 1.29 is 9.53 Å². The van der Waals surface area contributed by atoms with E-state index >= 15 is 0 Å². The van der Waals surface area contributed by atoms with E-state index in [0.29, 0.717) is 23.7 Å². The van der Waals surface area contributed by atoms with Gasteiger partial charge in [0.15, 0.2) is 0 Å². The highest BCUT2D eigenvalue weighted by molar-refractivity contribution is 6.30. The second-order valence-electron chi connectivity index (χ2n) is 7.67. The number of benzene rings is 2. The zero-order valence-corrected chi connectivity index (χ0v) is 17.8. The Kier molecular flexibility index (Phi) is 5.66. The van der Waals surface area contributed by atoms with Gasteiger partial charge < -0.3 is 15.0 Å². The van der Waals surface area contributed by atoms with Crippen molar-refractivity contribution in [3.05, 3.63) is 70.3 Å². The molecule has 1 fully saturated rings. The average Bonchev–Trinajstić information content (AvgIpc) is 2.75. The molecular formula is C24H27ClN2O2. The number of rotatable bonds is 4. The van der Waals surface area contributed by atoms with Gasteiger partial charge in [0.2, 0.25) is 0 Å². The Morgan fingerprint density at radius 1 is 1.10 bits per heavy atom. The molecule has 29 heavy (non-hydrogen) atoms. The maximum Gasteiger partial charge on any atom is 0.253 e. The molecule has 2 heterocycles. The molecule has 0 radical (unpaired) electrons. The van der Waals surface area contributed by atoms with Crippen LogP contribution in [0, 0.1) is 0 Å². The van der Waals surface area contributed by atoms with Crippen LogP contribution in [0.1, 0.15) is 48.2 Å². The molecule has 2 aliphatic rings. The van der Waals surface area contributed by atoms with Gasteiger partial charge in [-0.2, -0.15) is 0 Å². The number of halogens is 1. The highest BCUT2D eigenvalue weighted by Crippen LogP contribution is 2.43. The Hall–Kier alpha value is -2.30. The molecule has 1 saturated heterocycles. The number of carbonyl (C=O) groups is 1. The van der Waals surface area contributed by atoms with E-state index < -0.39 is 0 Å². The molecule has 0 bridgehead atoms. The van der Waals surface area contributed by atoms with Crippen LogP contribution in [0.3, 0.4) is 0 Å². The van der Waals surface area contributed by atoms with Gasteiger partial charge in [-0.1, -0.05) is 23.7 Å².